The van der Waals surface area contributed by atoms with Gasteiger partial charge in [0.25, 0.3) is 5.91 Å². The van der Waals surface area contributed by atoms with E-state index in [0.29, 0.717) is 23.7 Å². The quantitative estimate of drug-likeness (QED) is 0.539. The maximum absolute atomic E-state index is 13.0. The Hall–Kier alpha value is -2.55. The molecule has 1 aromatic heterocycles. The summed E-state index contributed by atoms with van der Waals surface area (Å²) in [6.45, 7) is 1.10. The van der Waals surface area contributed by atoms with E-state index in [-0.39, 0.29) is 10.8 Å². The molecule has 6 nitrogen and oxygen atoms in total. The number of aromatic nitrogens is 1. The predicted molar refractivity (Wildman–Crippen MR) is 119 cm³/mol. The molecule has 0 saturated carbocycles. The van der Waals surface area contributed by atoms with Crippen LogP contribution in [0.15, 0.2) is 59.5 Å². The molecule has 0 bridgehead atoms. The molecule has 0 aliphatic heterocycles. The zero-order valence-corrected chi connectivity index (χ0v) is 18.2. The maximum atomic E-state index is 13.0. The lowest BCUT2D eigenvalue weighted by Crippen LogP contribution is -2.35. The van der Waals surface area contributed by atoms with Crippen molar-refractivity contribution in [2.75, 3.05) is 38.3 Å². The molecule has 1 heterocycles. The van der Waals surface area contributed by atoms with Crippen LogP contribution >= 0.6 is 11.3 Å². The van der Waals surface area contributed by atoms with Crippen molar-refractivity contribution < 1.29 is 13.2 Å². The summed E-state index contributed by atoms with van der Waals surface area (Å²) >= 11 is 1.31. The zero-order valence-electron chi connectivity index (χ0n) is 16.6. The van der Waals surface area contributed by atoms with Gasteiger partial charge in [-0.25, -0.2) is 13.4 Å². The molecule has 3 rings (SSSR count). The van der Waals surface area contributed by atoms with Crippen molar-refractivity contribution in [3.05, 3.63) is 60.2 Å². The van der Waals surface area contributed by atoms with Crippen LogP contribution in [0.4, 0.5) is 5.13 Å². The van der Waals surface area contributed by atoms with Gasteiger partial charge in [0.15, 0.2) is 15.0 Å². The molecule has 0 aliphatic carbocycles. The van der Waals surface area contributed by atoms with Crippen LogP contribution in [0.25, 0.3) is 16.3 Å². The van der Waals surface area contributed by atoms with Gasteiger partial charge in [0.1, 0.15) is 5.52 Å². The van der Waals surface area contributed by atoms with Crippen molar-refractivity contribution in [2.45, 2.75) is 4.90 Å². The predicted octanol–water partition coefficient (Wildman–Crippen LogP) is 3.31. The number of amides is 1. The number of carbonyl (C=O) groups excluding carboxylic acids is 1. The first-order valence-corrected chi connectivity index (χ1v) is 11.8. The number of carbonyl (C=O) groups is 1. The Bertz CT molecular complexity index is 1140. The van der Waals surface area contributed by atoms with Gasteiger partial charge in [-0.1, -0.05) is 47.7 Å². The Morgan fingerprint density at radius 2 is 1.79 bits per heavy atom. The number of hydrogen-bond donors (Lipinski definition) is 0. The minimum absolute atomic E-state index is 0.178. The Kier molecular flexibility index (Phi) is 6.46. The molecule has 0 saturated heterocycles. The molecule has 0 atom stereocenters. The second-order valence-corrected chi connectivity index (χ2v) is 9.90. The van der Waals surface area contributed by atoms with Crippen LogP contribution in [-0.2, 0) is 14.6 Å². The number of fused-ring (bicyclic) bond motifs is 1. The molecule has 0 aliphatic rings. The van der Waals surface area contributed by atoms with E-state index in [1.165, 1.54) is 23.7 Å². The monoisotopic (exact) mass is 429 g/mol. The molecule has 0 unspecified atom stereocenters. The fraction of sp³-hybridized carbons (Fsp3) is 0.238. The Balaban J connectivity index is 1.98. The van der Waals surface area contributed by atoms with E-state index < -0.39 is 9.84 Å². The lowest BCUT2D eigenvalue weighted by atomic mass is 10.2. The van der Waals surface area contributed by atoms with E-state index >= 15 is 0 Å². The molecule has 8 heteroatoms. The number of para-hydroxylation sites is 1. The number of likely N-dealkylation sites (N-methyl/N-ethyl adjacent to an activating group) is 1. The van der Waals surface area contributed by atoms with E-state index in [0.717, 1.165) is 10.3 Å². The number of rotatable bonds is 7. The van der Waals surface area contributed by atoms with Crippen LogP contribution in [0.2, 0.25) is 0 Å². The normalized spacial score (nSPS) is 12.1. The summed E-state index contributed by atoms with van der Waals surface area (Å²) in [5.74, 6) is -0.198. The first-order chi connectivity index (χ1) is 13.8. The topological polar surface area (TPSA) is 70.6 Å². The van der Waals surface area contributed by atoms with Crippen molar-refractivity contribution in [1.29, 1.82) is 0 Å². The van der Waals surface area contributed by atoms with Crippen molar-refractivity contribution in [1.82, 2.24) is 9.88 Å². The lowest BCUT2D eigenvalue weighted by Gasteiger charge is -2.20. The minimum atomic E-state index is -3.42. The second kappa shape index (κ2) is 8.86. The third-order valence-electron chi connectivity index (χ3n) is 4.26. The van der Waals surface area contributed by atoms with Crippen LogP contribution < -0.4 is 4.90 Å². The van der Waals surface area contributed by atoms with E-state index in [9.17, 15) is 13.2 Å². The van der Waals surface area contributed by atoms with Gasteiger partial charge < -0.3 is 4.90 Å². The minimum Gasteiger partial charge on any atom is -0.308 e. The van der Waals surface area contributed by atoms with E-state index in [2.05, 4.69) is 4.98 Å². The van der Waals surface area contributed by atoms with Crippen LogP contribution in [0.1, 0.15) is 5.56 Å². The summed E-state index contributed by atoms with van der Waals surface area (Å²) in [4.78, 5) is 21.2. The molecule has 0 N–H and O–H groups in total. The third kappa shape index (κ3) is 5.29. The smallest absolute Gasteiger partial charge is 0.252 e. The average Bonchev–Trinajstić information content (AvgIpc) is 3.10. The van der Waals surface area contributed by atoms with Gasteiger partial charge in [0.05, 0.1) is 9.60 Å². The molecular formula is C21H23N3O3S2. The summed E-state index contributed by atoms with van der Waals surface area (Å²) < 4.78 is 24.9. The van der Waals surface area contributed by atoms with E-state index in [4.69, 9.17) is 0 Å². The fourth-order valence-corrected chi connectivity index (χ4v) is 4.67. The Labute approximate surface area is 175 Å². The summed E-state index contributed by atoms with van der Waals surface area (Å²) in [5.41, 5.74) is 1.33. The van der Waals surface area contributed by atoms with Crippen LogP contribution in [-0.4, -0.2) is 57.6 Å². The fourth-order valence-electron chi connectivity index (χ4n) is 2.75. The molecule has 2 aromatic carbocycles. The first-order valence-electron chi connectivity index (χ1n) is 9.04. The molecule has 3 aromatic rings. The Morgan fingerprint density at radius 3 is 2.45 bits per heavy atom. The third-order valence-corrected chi connectivity index (χ3v) is 6.43. The first kappa shape index (κ1) is 21.2. The Morgan fingerprint density at radius 1 is 1.07 bits per heavy atom. The number of sulfone groups is 1. The molecule has 0 radical (unpaired) electrons. The number of anilines is 1. The average molecular weight is 430 g/mol. The van der Waals surface area contributed by atoms with Gasteiger partial charge in [-0.2, -0.15) is 0 Å². The number of hydrogen-bond acceptors (Lipinski definition) is 6. The van der Waals surface area contributed by atoms with Crippen molar-refractivity contribution in [3.63, 3.8) is 0 Å². The van der Waals surface area contributed by atoms with E-state index in [1.54, 1.807) is 23.1 Å². The van der Waals surface area contributed by atoms with Crippen LogP contribution in [0, 0.1) is 0 Å². The lowest BCUT2D eigenvalue weighted by molar-refractivity contribution is -0.114. The van der Waals surface area contributed by atoms with Gasteiger partial charge in [-0.15, -0.1) is 0 Å². The molecule has 0 spiro atoms. The largest absolute Gasteiger partial charge is 0.308 e. The highest BCUT2D eigenvalue weighted by atomic mass is 32.2. The van der Waals surface area contributed by atoms with Crippen molar-refractivity contribution in [2.24, 2.45) is 0 Å². The highest BCUT2D eigenvalue weighted by Crippen LogP contribution is 2.32. The van der Waals surface area contributed by atoms with E-state index in [1.807, 2.05) is 55.4 Å². The van der Waals surface area contributed by atoms with Gasteiger partial charge in [-0.05, 0) is 37.9 Å². The molecule has 29 heavy (non-hydrogen) atoms. The van der Waals surface area contributed by atoms with Gasteiger partial charge >= 0.3 is 0 Å². The molecule has 1 amide bonds. The maximum Gasteiger partial charge on any atom is 0.252 e. The van der Waals surface area contributed by atoms with Crippen LogP contribution in [0.3, 0.4) is 0 Å². The molecule has 152 valence electrons. The van der Waals surface area contributed by atoms with Gasteiger partial charge in [-0.3, -0.25) is 9.69 Å². The number of nitrogens with zero attached hydrogens (tertiary/aromatic N) is 3. The van der Waals surface area contributed by atoms with Gasteiger partial charge in [0, 0.05) is 25.4 Å². The number of benzene rings is 2. The highest BCUT2D eigenvalue weighted by molar-refractivity contribution is 7.91. The van der Waals surface area contributed by atoms with Gasteiger partial charge in [0.2, 0.25) is 0 Å². The SMILES string of the molecule is CN(C)CCN(C(=O)C=Cc1ccccc1)c1nc2c(S(C)(=O)=O)cccc2s1. The summed E-state index contributed by atoms with van der Waals surface area (Å²) in [7, 11) is 0.451. The summed E-state index contributed by atoms with van der Waals surface area (Å²) in [6, 6.07) is 14.6. The highest BCUT2D eigenvalue weighted by Gasteiger charge is 2.21. The molecular weight excluding hydrogens is 406 g/mol. The summed E-state index contributed by atoms with van der Waals surface area (Å²) in [5, 5.41) is 0.487. The van der Waals surface area contributed by atoms with Crippen molar-refractivity contribution in [3.8, 4) is 0 Å². The summed E-state index contributed by atoms with van der Waals surface area (Å²) in [6.07, 6.45) is 4.45. The molecule has 0 fully saturated rings. The van der Waals surface area contributed by atoms with Crippen molar-refractivity contribution >= 4 is 48.5 Å². The number of thiazole rings is 1. The van der Waals surface area contributed by atoms with Crippen LogP contribution in [0.5, 0.6) is 0 Å². The zero-order chi connectivity index (χ0) is 21.0. The standard InChI is InChI=1S/C21H23N3O3S2/c1-23(2)14-15-24(19(25)13-12-16-8-5-4-6-9-16)21-22-20-17(28-21)10-7-11-18(20)29(3,26)27/h4-13H,14-15H2,1-3H3. The second-order valence-electron chi connectivity index (χ2n) is 6.91.